The summed E-state index contributed by atoms with van der Waals surface area (Å²) in [6, 6.07) is 10.9. The highest BCUT2D eigenvalue weighted by Gasteiger charge is 2.13. The zero-order valence-electron chi connectivity index (χ0n) is 10.2. The quantitative estimate of drug-likeness (QED) is 0.668. The monoisotopic (exact) mass is 367 g/mol. The summed E-state index contributed by atoms with van der Waals surface area (Å²) < 4.78 is 16.8. The molecule has 1 heterocycles. The Bertz CT molecular complexity index is 780. The molecule has 0 atom stereocenters. The van der Waals surface area contributed by atoms with Crippen molar-refractivity contribution in [3.63, 3.8) is 0 Å². The van der Waals surface area contributed by atoms with Gasteiger partial charge in [-0.3, -0.25) is 4.57 Å². The number of anilines is 1. The molecular formula is C14H11FIN3. The standard InChI is InChI=1S/C14H11FIN3/c1-8-2-4-12(10(15)6-8)19-13-5-3-9(16)7-11(13)18-14(19)17/h2-7H,1H3,(H2,17,18). The van der Waals surface area contributed by atoms with E-state index >= 15 is 0 Å². The lowest BCUT2D eigenvalue weighted by Gasteiger charge is -2.08. The topological polar surface area (TPSA) is 43.8 Å². The van der Waals surface area contributed by atoms with Gasteiger partial charge in [-0.2, -0.15) is 0 Å². The number of rotatable bonds is 1. The van der Waals surface area contributed by atoms with Crippen molar-refractivity contribution in [3.8, 4) is 5.69 Å². The molecule has 0 saturated carbocycles. The predicted molar refractivity (Wildman–Crippen MR) is 82.9 cm³/mol. The van der Waals surface area contributed by atoms with Crippen LogP contribution in [0.25, 0.3) is 16.7 Å². The molecule has 3 aromatic rings. The van der Waals surface area contributed by atoms with Crippen molar-refractivity contribution in [3.05, 3.63) is 51.3 Å². The minimum atomic E-state index is -0.301. The maximum Gasteiger partial charge on any atom is 0.206 e. The van der Waals surface area contributed by atoms with Gasteiger partial charge in [0.15, 0.2) is 0 Å². The smallest absolute Gasteiger partial charge is 0.206 e. The summed E-state index contributed by atoms with van der Waals surface area (Å²) in [6.07, 6.45) is 0. The zero-order valence-corrected chi connectivity index (χ0v) is 12.3. The van der Waals surface area contributed by atoms with Gasteiger partial charge in [0.05, 0.1) is 16.7 Å². The number of hydrogen-bond acceptors (Lipinski definition) is 2. The molecule has 96 valence electrons. The number of hydrogen-bond donors (Lipinski definition) is 1. The van der Waals surface area contributed by atoms with Crippen LogP contribution in [0, 0.1) is 16.3 Å². The predicted octanol–water partition coefficient (Wildman–Crippen LogP) is 3.66. The van der Waals surface area contributed by atoms with Crippen molar-refractivity contribution in [2.24, 2.45) is 0 Å². The van der Waals surface area contributed by atoms with E-state index in [0.717, 1.165) is 20.2 Å². The van der Waals surface area contributed by atoms with Gasteiger partial charge < -0.3 is 5.73 Å². The molecule has 19 heavy (non-hydrogen) atoms. The summed E-state index contributed by atoms with van der Waals surface area (Å²) in [5.74, 6) is -0.00990. The third-order valence-electron chi connectivity index (χ3n) is 2.99. The van der Waals surface area contributed by atoms with Gasteiger partial charge in [-0.1, -0.05) is 6.07 Å². The number of nitrogens with zero attached hydrogens (tertiary/aromatic N) is 2. The van der Waals surface area contributed by atoms with Gasteiger partial charge in [0, 0.05) is 3.57 Å². The molecule has 0 unspecified atom stereocenters. The van der Waals surface area contributed by atoms with Crippen molar-refractivity contribution in [2.75, 3.05) is 5.73 Å². The molecule has 0 amide bonds. The molecule has 0 aliphatic heterocycles. The summed E-state index contributed by atoms with van der Waals surface area (Å²) in [7, 11) is 0. The normalized spacial score (nSPS) is 11.1. The van der Waals surface area contributed by atoms with Crippen LogP contribution < -0.4 is 5.73 Å². The minimum absolute atomic E-state index is 0.291. The molecule has 5 heteroatoms. The van der Waals surface area contributed by atoms with E-state index in [2.05, 4.69) is 27.6 Å². The number of aromatic nitrogens is 2. The average Bonchev–Trinajstić information content (AvgIpc) is 2.65. The van der Waals surface area contributed by atoms with Crippen LogP contribution in [0.15, 0.2) is 36.4 Å². The summed E-state index contributed by atoms with van der Waals surface area (Å²) in [4.78, 5) is 4.28. The second kappa shape index (κ2) is 4.48. The van der Waals surface area contributed by atoms with Crippen molar-refractivity contribution >= 4 is 39.6 Å². The van der Waals surface area contributed by atoms with Crippen LogP contribution in [0.2, 0.25) is 0 Å². The molecular weight excluding hydrogens is 356 g/mol. The average molecular weight is 367 g/mol. The third kappa shape index (κ3) is 2.07. The summed E-state index contributed by atoms with van der Waals surface area (Å²) in [5.41, 5.74) is 8.80. The Kier molecular flexibility index (Phi) is 2.93. The fraction of sp³-hybridized carbons (Fsp3) is 0.0714. The number of aryl methyl sites for hydroxylation is 1. The fourth-order valence-corrected chi connectivity index (χ4v) is 2.59. The second-order valence-corrected chi connectivity index (χ2v) is 5.64. The van der Waals surface area contributed by atoms with E-state index in [-0.39, 0.29) is 5.82 Å². The van der Waals surface area contributed by atoms with E-state index in [1.54, 1.807) is 10.6 Å². The number of nitrogen functional groups attached to an aromatic ring is 1. The van der Waals surface area contributed by atoms with Gasteiger partial charge in [0.1, 0.15) is 5.82 Å². The highest BCUT2D eigenvalue weighted by Crippen LogP contribution is 2.26. The van der Waals surface area contributed by atoms with Crippen molar-refractivity contribution in [1.82, 2.24) is 9.55 Å². The molecule has 3 rings (SSSR count). The number of nitrogens with two attached hydrogens (primary N) is 1. The summed E-state index contributed by atoms with van der Waals surface area (Å²) in [6.45, 7) is 1.85. The fourth-order valence-electron chi connectivity index (χ4n) is 2.12. The lowest BCUT2D eigenvalue weighted by molar-refractivity contribution is 0.619. The summed E-state index contributed by atoms with van der Waals surface area (Å²) in [5, 5.41) is 0. The van der Waals surface area contributed by atoms with E-state index < -0.39 is 0 Å². The Balaban J connectivity index is 2.33. The van der Waals surface area contributed by atoms with Crippen LogP contribution in [0.4, 0.5) is 10.3 Å². The van der Waals surface area contributed by atoms with E-state index in [4.69, 9.17) is 5.73 Å². The third-order valence-corrected chi connectivity index (χ3v) is 3.66. The first-order chi connectivity index (χ1) is 9.06. The van der Waals surface area contributed by atoms with Gasteiger partial charge >= 0.3 is 0 Å². The molecule has 0 aliphatic rings. The lowest BCUT2D eigenvalue weighted by Crippen LogP contribution is -2.03. The van der Waals surface area contributed by atoms with E-state index in [0.29, 0.717) is 11.6 Å². The molecule has 0 bridgehead atoms. The molecule has 0 spiro atoms. The zero-order chi connectivity index (χ0) is 13.6. The van der Waals surface area contributed by atoms with E-state index in [9.17, 15) is 4.39 Å². The van der Waals surface area contributed by atoms with Gasteiger partial charge in [-0.25, -0.2) is 9.37 Å². The van der Waals surface area contributed by atoms with Crippen LogP contribution in [0.1, 0.15) is 5.56 Å². The lowest BCUT2D eigenvalue weighted by atomic mass is 10.2. The van der Waals surface area contributed by atoms with Crippen molar-refractivity contribution < 1.29 is 4.39 Å². The molecule has 2 N–H and O–H groups in total. The van der Waals surface area contributed by atoms with Crippen LogP contribution in [-0.4, -0.2) is 9.55 Å². The van der Waals surface area contributed by atoms with Gasteiger partial charge in [-0.15, -0.1) is 0 Å². The molecule has 1 aromatic heterocycles. The highest BCUT2D eigenvalue weighted by atomic mass is 127. The molecule has 0 aliphatic carbocycles. The minimum Gasteiger partial charge on any atom is -0.369 e. The van der Waals surface area contributed by atoms with Crippen LogP contribution in [0.5, 0.6) is 0 Å². The molecule has 0 saturated heterocycles. The Morgan fingerprint density at radius 3 is 2.74 bits per heavy atom. The Labute approximate surface area is 123 Å². The maximum atomic E-state index is 14.1. The Morgan fingerprint density at radius 2 is 2.00 bits per heavy atom. The Morgan fingerprint density at radius 1 is 1.21 bits per heavy atom. The number of halogens is 2. The molecule has 0 fully saturated rings. The van der Waals surface area contributed by atoms with Crippen molar-refractivity contribution in [2.45, 2.75) is 6.92 Å². The number of benzene rings is 2. The highest BCUT2D eigenvalue weighted by molar-refractivity contribution is 14.1. The first-order valence-electron chi connectivity index (χ1n) is 5.76. The first kappa shape index (κ1) is 12.4. The number of fused-ring (bicyclic) bond motifs is 1. The largest absolute Gasteiger partial charge is 0.369 e. The molecule has 2 aromatic carbocycles. The van der Waals surface area contributed by atoms with Gasteiger partial charge in [-0.05, 0) is 65.4 Å². The van der Waals surface area contributed by atoms with Crippen LogP contribution in [0.3, 0.4) is 0 Å². The van der Waals surface area contributed by atoms with E-state index in [1.165, 1.54) is 6.07 Å². The SMILES string of the molecule is Cc1ccc(-n2c(N)nc3cc(I)ccc32)c(F)c1. The van der Waals surface area contributed by atoms with Crippen molar-refractivity contribution in [1.29, 1.82) is 0 Å². The summed E-state index contributed by atoms with van der Waals surface area (Å²) >= 11 is 2.21. The van der Waals surface area contributed by atoms with Crippen LogP contribution >= 0.6 is 22.6 Å². The van der Waals surface area contributed by atoms with Gasteiger partial charge in [0.25, 0.3) is 0 Å². The maximum absolute atomic E-state index is 14.1. The van der Waals surface area contributed by atoms with E-state index in [1.807, 2.05) is 31.2 Å². The number of imidazole rings is 1. The first-order valence-corrected chi connectivity index (χ1v) is 6.84. The second-order valence-electron chi connectivity index (χ2n) is 4.39. The molecule has 3 nitrogen and oxygen atoms in total. The Hall–Kier alpha value is -1.63. The molecule has 0 radical (unpaired) electrons. The van der Waals surface area contributed by atoms with Crippen LogP contribution in [-0.2, 0) is 0 Å². The van der Waals surface area contributed by atoms with Gasteiger partial charge in [0.2, 0.25) is 5.95 Å².